The highest BCUT2D eigenvalue weighted by atomic mass is 35.5. The Balaban J connectivity index is 1.38. The molecule has 1 saturated heterocycles. The van der Waals surface area contributed by atoms with Gasteiger partial charge in [-0.25, -0.2) is 19.9 Å². The maximum atomic E-state index is 6.15. The zero-order valence-corrected chi connectivity index (χ0v) is 20.6. The molecule has 0 radical (unpaired) electrons. The highest BCUT2D eigenvalue weighted by molar-refractivity contribution is 6.29. The number of aromatic nitrogens is 4. The summed E-state index contributed by atoms with van der Waals surface area (Å²) >= 11 is 6.15. The Kier molecular flexibility index (Phi) is 6.55. The summed E-state index contributed by atoms with van der Waals surface area (Å²) in [6.07, 6.45) is 4.34. The van der Waals surface area contributed by atoms with Crippen molar-refractivity contribution < 1.29 is 4.74 Å². The van der Waals surface area contributed by atoms with E-state index in [1.54, 1.807) is 13.3 Å². The monoisotopic (exact) mass is 489 g/mol. The van der Waals surface area contributed by atoms with E-state index in [-0.39, 0.29) is 0 Å². The molecule has 35 heavy (non-hydrogen) atoms. The lowest BCUT2D eigenvalue weighted by Crippen LogP contribution is -2.39. The molecule has 4 aromatic rings. The number of halogens is 1. The smallest absolute Gasteiger partial charge is 0.220 e. The molecule has 1 aliphatic heterocycles. The summed E-state index contributed by atoms with van der Waals surface area (Å²) in [7, 11) is 1.69. The third-order valence-electron chi connectivity index (χ3n) is 6.31. The van der Waals surface area contributed by atoms with Crippen molar-refractivity contribution in [2.45, 2.75) is 32.2 Å². The average Bonchev–Trinajstić information content (AvgIpc) is 2.84. The summed E-state index contributed by atoms with van der Waals surface area (Å²) in [5, 5.41) is 6.58. The van der Waals surface area contributed by atoms with Gasteiger partial charge in [0.25, 0.3) is 0 Å². The van der Waals surface area contributed by atoms with Gasteiger partial charge >= 0.3 is 0 Å². The van der Waals surface area contributed by atoms with Gasteiger partial charge in [0.15, 0.2) is 0 Å². The minimum atomic E-state index is 0.290. The summed E-state index contributed by atoms with van der Waals surface area (Å²) < 4.78 is 5.50. The lowest BCUT2D eigenvalue weighted by molar-refractivity contribution is 0.415. The quantitative estimate of drug-likeness (QED) is 0.377. The molecule has 0 saturated carbocycles. The van der Waals surface area contributed by atoms with Crippen LogP contribution in [0.15, 0.2) is 48.7 Å². The van der Waals surface area contributed by atoms with Crippen LogP contribution in [-0.4, -0.2) is 46.2 Å². The van der Waals surface area contributed by atoms with Gasteiger partial charge in [-0.1, -0.05) is 23.7 Å². The van der Waals surface area contributed by atoms with Crippen LogP contribution in [0.5, 0.6) is 5.75 Å². The summed E-state index contributed by atoms with van der Waals surface area (Å²) in [4.78, 5) is 19.4. The first-order valence-electron chi connectivity index (χ1n) is 11.7. The minimum Gasteiger partial charge on any atom is -0.497 e. The van der Waals surface area contributed by atoms with Crippen LogP contribution in [-0.2, 0) is 6.42 Å². The van der Waals surface area contributed by atoms with Crippen molar-refractivity contribution in [1.29, 1.82) is 0 Å². The Morgan fingerprint density at radius 1 is 1.09 bits per heavy atom. The Morgan fingerprint density at radius 3 is 2.66 bits per heavy atom. The number of nitrogen functional groups attached to an aromatic ring is 1. The number of hydrogen-bond donors (Lipinski definition) is 2. The van der Waals surface area contributed by atoms with Crippen LogP contribution >= 0.6 is 11.6 Å². The van der Waals surface area contributed by atoms with Crippen molar-refractivity contribution in [3.05, 3.63) is 70.9 Å². The van der Waals surface area contributed by atoms with Gasteiger partial charge in [-0.2, -0.15) is 0 Å². The molecule has 180 valence electrons. The van der Waals surface area contributed by atoms with E-state index >= 15 is 0 Å². The second-order valence-corrected chi connectivity index (χ2v) is 9.20. The van der Waals surface area contributed by atoms with Gasteiger partial charge in [-0.05, 0) is 55.0 Å². The van der Waals surface area contributed by atoms with E-state index in [0.29, 0.717) is 29.4 Å². The van der Waals surface area contributed by atoms with E-state index in [2.05, 4.69) is 54.4 Å². The van der Waals surface area contributed by atoms with Gasteiger partial charge in [-0.3, -0.25) is 0 Å². The topological polar surface area (TPSA) is 102 Å². The van der Waals surface area contributed by atoms with E-state index in [9.17, 15) is 0 Å². The van der Waals surface area contributed by atoms with Crippen molar-refractivity contribution in [2.75, 3.05) is 36.1 Å². The molecular formula is C26H28ClN7O. The van der Waals surface area contributed by atoms with E-state index < -0.39 is 0 Å². The maximum absolute atomic E-state index is 6.15. The average molecular weight is 490 g/mol. The Labute approximate surface area is 209 Å². The van der Waals surface area contributed by atoms with Gasteiger partial charge in [0.2, 0.25) is 5.95 Å². The minimum absolute atomic E-state index is 0.290. The van der Waals surface area contributed by atoms with Crippen LogP contribution in [0, 0.1) is 6.92 Å². The second-order valence-electron chi connectivity index (χ2n) is 8.82. The van der Waals surface area contributed by atoms with Crippen molar-refractivity contribution in [3.8, 4) is 5.75 Å². The number of anilines is 3. The molecule has 0 unspecified atom stereocenters. The van der Waals surface area contributed by atoms with Crippen molar-refractivity contribution in [1.82, 2.24) is 19.9 Å². The van der Waals surface area contributed by atoms with E-state index in [1.165, 1.54) is 0 Å². The van der Waals surface area contributed by atoms with Crippen molar-refractivity contribution in [2.24, 2.45) is 0 Å². The van der Waals surface area contributed by atoms with Crippen LogP contribution in [0.25, 0.3) is 10.8 Å². The molecule has 0 atom stereocenters. The molecule has 0 amide bonds. The van der Waals surface area contributed by atoms with Gasteiger partial charge in [-0.15, -0.1) is 0 Å². The second kappa shape index (κ2) is 9.92. The first-order valence-corrected chi connectivity index (χ1v) is 12.1. The standard InChI is InChI=1S/C26H28ClN7O/c1-16-30-24(27)15-25(31-16)34-9-6-19(7-10-34)32-23-13-17(12-20-5-8-29-26(28)33-20)11-18-3-4-21(35-2)14-22(18)23/h3-5,8,11,13-15,19,32H,6-7,9-10,12H2,1-2H3,(H2,28,29,33). The summed E-state index contributed by atoms with van der Waals surface area (Å²) in [5.74, 6) is 2.71. The maximum Gasteiger partial charge on any atom is 0.220 e. The lowest BCUT2D eigenvalue weighted by Gasteiger charge is -2.34. The largest absolute Gasteiger partial charge is 0.497 e. The van der Waals surface area contributed by atoms with Crippen LogP contribution < -0.4 is 20.7 Å². The van der Waals surface area contributed by atoms with E-state index in [0.717, 1.165) is 65.2 Å². The molecule has 2 aromatic heterocycles. The zero-order chi connectivity index (χ0) is 24.4. The number of hydrogen-bond acceptors (Lipinski definition) is 8. The molecule has 8 nitrogen and oxygen atoms in total. The third-order valence-corrected chi connectivity index (χ3v) is 6.50. The molecular weight excluding hydrogens is 462 g/mol. The van der Waals surface area contributed by atoms with Gasteiger partial charge in [0.1, 0.15) is 22.5 Å². The normalized spacial score (nSPS) is 14.3. The van der Waals surface area contributed by atoms with Crippen LogP contribution in [0.1, 0.15) is 29.9 Å². The summed E-state index contributed by atoms with van der Waals surface area (Å²) in [5.41, 5.74) is 8.94. The highest BCUT2D eigenvalue weighted by Crippen LogP contribution is 2.32. The van der Waals surface area contributed by atoms with E-state index in [4.69, 9.17) is 22.1 Å². The predicted octanol–water partition coefficient (Wildman–Crippen LogP) is 4.64. The Bertz CT molecular complexity index is 1330. The molecule has 0 aliphatic carbocycles. The van der Waals surface area contributed by atoms with Gasteiger partial charge < -0.3 is 20.7 Å². The fraction of sp³-hybridized carbons (Fsp3) is 0.308. The number of benzene rings is 2. The summed E-state index contributed by atoms with van der Waals surface area (Å²) in [6, 6.07) is 14.7. The zero-order valence-electron chi connectivity index (χ0n) is 19.8. The van der Waals surface area contributed by atoms with Gasteiger partial charge in [0.05, 0.1) is 12.8 Å². The number of nitrogens with two attached hydrogens (primary N) is 1. The van der Waals surface area contributed by atoms with Crippen LogP contribution in [0.4, 0.5) is 17.5 Å². The van der Waals surface area contributed by atoms with Gasteiger partial charge in [0, 0.05) is 48.9 Å². The highest BCUT2D eigenvalue weighted by Gasteiger charge is 2.22. The third kappa shape index (κ3) is 5.38. The molecule has 1 aliphatic rings. The molecule has 1 fully saturated rings. The number of ether oxygens (including phenoxy) is 1. The number of fused-ring (bicyclic) bond motifs is 1. The van der Waals surface area contributed by atoms with Crippen LogP contribution in [0.3, 0.4) is 0 Å². The first-order chi connectivity index (χ1) is 17.0. The molecule has 9 heteroatoms. The number of nitrogens with one attached hydrogen (secondary N) is 1. The number of nitrogens with zero attached hydrogens (tertiary/aromatic N) is 5. The number of rotatable bonds is 6. The Morgan fingerprint density at radius 2 is 1.91 bits per heavy atom. The number of methoxy groups -OCH3 is 1. The molecule has 5 rings (SSSR count). The molecule has 0 spiro atoms. The van der Waals surface area contributed by atoms with E-state index in [1.807, 2.05) is 25.1 Å². The summed E-state index contributed by atoms with van der Waals surface area (Å²) in [6.45, 7) is 3.66. The van der Waals surface area contributed by atoms with Crippen LogP contribution in [0.2, 0.25) is 5.15 Å². The Hall–Kier alpha value is -3.65. The lowest BCUT2D eigenvalue weighted by atomic mass is 9.99. The van der Waals surface area contributed by atoms with Crippen molar-refractivity contribution >= 4 is 39.8 Å². The number of piperidine rings is 1. The fourth-order valence-corrected chi connectivity index (χ4v) is 4.84. The molecule has 3 heterocycles. The number of aryl methyl sites for hydroxylation is 1. The predicted molar refractivity (Wildman–Crippen MR) is 140 cm³/mol. The molecule has 2 aromatic carbocycles. The SMILES string of the molecule is COc1ccc2cc(Cc3ccnc(N)n3)cc(NC3CCN(c4cc(Cl)nc(C)n4)CC3)c2c1. The fourth-order valence-electron chi connectivity index (χ4n) is 4.62. The molecule has 0 bridgehead atoms. The van der Waals surface area contributed by atoms with Crippen molar-refractivity contribution in [3.63, 3.8) is 0 Å². The molecule has 3 N–H and O–H groups in total. The first kappa shape index (κ1) is 23.1.